The summed E-state index contributed by atoms with van der Waals surface area (Å²) in [6.45, 7) is 0. The second-order valence-corrected chi connectivity index (χ2v) is 2.15. The van der Waals surface area contributed by atoms with Crippen molar-refractivity contribution in [1.29, 1.82) is 0 Å². The molecular formula is C6H5ClN2O. The Morgan fingerprint density at radius 3 is 2.80 bits per heavy atom. The zero-order valence-electron chi connectivity index (χ0n) is 5.04. The van der Waals surface area contributed by atoms with E-state index in [1.807, 2.05) is 0 Å². The number of aromatic nitrogens is 1. The van der Waals surface area contributed by atoms with E-state index >= 15 is 0 Å². The van der Waals surface area contributed by atoms with E-state index in [1.165, 1.54) is 12.1 Å². The minimum Gasteiger partial charge on any atom is -0.399 e. The minimum atomic E-state index is 0.238. The number of carbonyl (C=O) groups excluding carboxylic acids is 1. The van der Waals surface area contributed by atoms with Crippen molar-refractivity contribution in [3.05, 3.63) is 23.0 Å². The van der Waals surface area contributed by atoms with Crippen LogP contribution in [0.25, 0.3) is 0 Å². The minimum absolute atomic E-state index is 0.238. The number of nitrogens with two attached hydrogens (primary N) is 1. The average molecular weight is 157 g/mol. The third-order valence-electron chi connectivity index (χ3n) is 0.957. The van der Waals surface area contributed by atoms with E-state index in [9.17, 15) is 4.79 Å². The van der Waals surface area contributed by atoms with Crippen LogP contribution in [-0.4, -0.2) is 11.3 Å². The number of pyridine rings is 1. The summed E-state index contributed by atoms with van der Waals surface area (Å²) in [5.41, 5.74) is 6.05. The van der Waals surface area contributed by atoms with Gasteiger partial charge in [0.05, 0.1) is 0 Å². The van der Waals surface area contributed by atoms with Crippen molar-refractivity contribution in [3.63, 3.8) is 0 Å². The lowest BCUT2D eigenvalue weighted by Crippen LogP contribution is -1.91. The van der Waals surface area contributed by atoms with Gasteiger partial charge in [-0.25, -0.2) is 4.98 Å². The Morgan fingerprint density at radius 1 is 1.60 bits per heavy atom. The highest BCUT2D eigenvalue weighted by Gasteiger charge is 1.95. The summed E-state index contributed by atoms with van der Waals surface area (Å²) < 4.78 is 0. The van der Waals surface area contributed by atoms with Gasteiger partial charge in [-0.1, -0.05) is 11.6 Å². The predicted molar refractivity (Wildman–Crippen MR) is 39.0 cm³/mol. The maximum atomic E-state index is 10.1. The molecule has 4 heteroatoms. The Labute approximate surface area is 62.8 Å². The van der Waals surface area contributed by atoms with Gasteiger partial charge in [0.15, 0.2) is 6.29 Å². The lowest BCUT2D eigenvalue weighted by molar-refractivity contribution is 0.111. The van der Waals surface area contributed by atoms with Gasteiger partial charge in [0.25, 0.3) is 0 Å². The van der Waals surface area contributed by atoms with Gasteiger partial charge in [0.1, 0.15) is 10.8 Å². The highest BCUT2D eigenvalue weighted by molar-refractivity contribution is 6.29. The number of aldehydes is 1. The Balaban J connectivity index is 3.18. The van der Waals surface area contributed by atoms with E-state index in [2.05, 4.69) is 4.98 Å². The van der Waals surface area contributed by atoms with Crippen LogP contribution in [0, 0.1) is 0 Å². The van der Waals surface area contributed by atoms with Crippen molar-refractivity contribution in [3.8, 4) is 0 Å². The monoisotopic (exact) mass is 156 g/mol. The summed E-state index contributed by atoms with van der Waals surface area (Å²) in [5, 5.41) is 0.238. The predicted octanol–water partition coefficient (Wildman–Crippen LogP) is 1.13. The molecule has 10 heavy (non-hydrogen) atoms. The Bertz CT molecular complexity index is 242. The van der Waals surface area contributed by atoms with Crippen LogP contribution in [0.4, 0.5) is 5.69 Å². The summed E-state index contributed by atoms with van der Waals surface area (Å²) in [7, 11) is 0. The first-order valence-corrected chi connectivity index (χ1v) is 2.98. The first kappa shape index (κ1) is 7.02. The normalized spacial score (nSPS) is 9.30. The van der Waals surface area contributed by atoms with Crippen LogP contribution < -0.4 is 5.73 Å². The molecule has 0 fully saturated rings. The van der Waals surface area contributed by atoms with E-state index in [-0.39, 0.29) is 10.8 Å². The number of hydrogen-bond acceptors (Lipinski definition) is 3. The smallest absolute Gasteiger partial charge is 0.168 e. The van der Waals surface area contributed by atoms with Crippen LogP contribution in [0.5, 0.6) is 0 Å². The zero-order valence-corrected chi connectivity index (χ0v) is 5.80. The lowest BCUT2D eigenvalue weighted by atomic mass is 10.3. The van der Waals surface area contributed by atoms with Crippen molar-refractivity contribution >= 4 is 23.6 Å². The Hall–Kier alpha value is -1.09. The molecule has 52 valence electrons. The fourth-order valence-electron chi connectivity index (χ4n) is 0.598. The van der Waals surface area contributed by atoms with E-state index in [4.69, 9.17) is 17.3 Å². The highest BCUT2D eigenvalue weighted by atomic mass is 35.5. The molecule has 0 saturated carbocycles. The molecule has 0 aliphatic heterocycles. The molecule has 1 heterocycles. The van der Waals surface area contributed by atoms with E-state index in [1.54, 1.807) is 0 Å². The van der Waals surface area contributed by atoms with Crippen molar-refractivity contribution in [2.45, 2.75) is 0 Å². The van der Waals surface area contributed by atoms with Gasteiger partial charge in [0, 0.05) is 5.69 Å². The van der Waals surface area contributed by atoms with Crippen molar-refractivity contribution in [1.82, 2.24) is 4.98 Å². The molecule has 2 N–H and O–H groups in total. The van der Waals surface area contributed by atoms with Crippen LogP contribution in [-0.2, 0) is 0 Å². The number of rotatable bonds is 1. The average Bonchev–Trinajstić information content (AvgIpc) is 1.85. The van der Waals surface area contributed by atoms with Gasteiger partial charge in [-0.3, -0.25) is 4.79 Å². The molecule has 3 nitrogen and oxygen atoms in total. The molecule has 0 unspecified atom stereocenters. The first-order valence-electron chi connectivity index (χ1n) is 2.60. The maximum absolute atomic E-state index is 10.1. The molecule has 0 radical (unpaired) electrons. The summed E-state index contributed by atoms with van der Waals surface area (Å²) in [5.74, 6) is 0. The van der Waals surface area contributed by atoms with Gasteiger partial charge in [-0.2, -0.15) is 0 Å². The fraction of sp³-hybridized carbons (Fsp3) is 0. The van der Waals surface area contributed by atoms with Gasteiger partial charge in [0.2, 0.25) is 0 Å². The van der Waals surface area contributed by atoms with Crippen LogP contribution in [0.15, 0.2) is 12.1 Å². The van der Waals surface area contributed by atoms with Gasteiger partial charge >= 0.3 is 0 Å². The first-order chi connectivity index (χ1) is 4.72. The molecule has 0 spiro atoms. The summed E-state index contributed by atoms with van der Waals surface area (Å²) >= 11 is 5.48. The van der Waals surface area contributed by atoms with Crippen molar-refractivity contribution < 1.29 is 4.79 Å². The second kappa shape index (κ2) is 2.66. The van der Waals surface area contributed by atoms with Crippen molar-refractivity contribution in [2.75, 3.05) is 5.73 Å². The molecule has 0 aliphatic carbocycles. The Kier molecular flexibility index (Phi) is 1.87. The van der Waals surface area contributed by atoms with Crippen LogP contribution >= 0.6 is 11.6 Å². The van der Waals surface area contributed by atoms with Crippen LogP contribution in [0.2, 0.25) is 5.15 Å². The van der Waals surface area contributed by atoms with Gasteiger partial charge < -0.3 is 5.73 Å². The van der Waals surface area contributed by atoms with E-state index < -0.39 is 0 Å². The zero-order chi connectivity index (χ0) is 7.56. The quantitative estimate of drug-likeness (QED) is 0.490. The number of nitrogen functional groups attached to an aromatic ring is 1. The molecular weight excluding hydrogens is 152 g/mol. The summed E-state index contributed by atoms with van der Waals surface area (Å²) in [4.78, 5) is 13.8. The standard InChI is InChI=1S/C6H5ClN2O/c7-6-2-4(8)1-5(3-10)9-6/h1-3H,(H2,8,9). The SMILES string of the molecule is Nc1cc(Cl)nc(C=O)c1. The largest absolute Gasteiger partial charge is 0.399 e. The molecule has 0 amide bonds. The molecule has 1 aromatic heterocycles. The van der Waals surface area contributed by atoms with Crippen LogP contribution in [0.1, 0.15) is 10.5 Å². The van der Waals surface area contributed by atoms with Gasteiger partial charge in [-0.15, -0.1) is 0 Å². The topological polar surface area (TPSA) is 56.0 Å². The van der Waals surface area contributed by atoms with E-state index in [0.29, 0.717) is 12.0 Å². The molecule has 1 rings (SSSR count). The number of hydrogen-bond donors (Lipinski definition) is 1. The molecule has 0 bridgehead atoms. The highest BCUT2D eigenvalue weighted by Crippen LogP contribution is 2.10. The lowest BCUT2D eigenvalue weighted by Gasteiger charge is -1.93. The molecule has 0 aromatic carbocycles. The number of nitrogens with zero attached hydrogens (tertiary/aromatic N) is 1. The second-order valence-electron chi connectivity index (χ2n) is 1.77. The molecule has 0 saturated heterocycles. The molecule has 1 aromatic rings. The maximum Gasteiger partial charge on any atom is 0.168 e. The fourth-order valence-corrected chi connectivity index (χ4v) is 0.822. The third-order valence-corrected chi connectivity index (χ3v) is 1.15. The van der Waals surface area contributed by atoms with E-state index in [0.717, 1.165) is 0 Å². The summed E-state index contributed by atoms with van der Waals surface area (Å²) in [6.07, 6.45) is 0.599. The Morgan fingerprint density at radius 2 is 2.30 bits per heavy atom. The van der Waals surface area contributed by atoms with Crippen LogP contribution in [0.3, 0.4) is 0 Å². The number of halogens is 1. The van der Waals surface area contributed by atoms with Crippen molar-refractivity contribution in [2.24, 2.45) is 0 Å². The number of anilines is 1. The molecule has 0 aliphatic rings. The summed E-state index contributed by atoms with van der Waals surface area (Å²) in [6, 6.07) is 2.94. The molecule has 0 atom stereocenters. The third kappa shape index (κ3) is 1.45. The number of carbonyl (C=O) groups is 1. The van der Waals surface area contributed by atoms with Gasteiger partial charge in [-0.05, 0) is 12.1 Å².